The van der Waals surface area contributed by atoms with Crippen LogP contribution in [0.5, 0.6) is 0 Å². The number of methoxy groups -OCH3 is 1. The smallest absolute Gasteiger partial charge is 0.328 e. The molecule has 0 fully saturated rings. The highest BCUT2D eigenvalue weighted by atomic mass is 16.5. The predicted octanol–water partition coefficient (Wildman–Crippen LogP) is 0.564. The molecule has 1 aromatic rings. The molecule has 0 saturated heterocycles. The third-order valence-corrected chi connectivity index (χ3v) is 4.33. The molecule has 1 aromatic carbocycles. The Morgan fingerprint density at radius 3 is 2.14 bits per heavy atom. The standard InChI is InChI=1S/C20H31N3O5/c1-11(2)10-15(20(27)28-5)23-18(25)13(4)22-19(26)17(24)16(21)14-8-6-12(3)7-9-14/h6-9,11,13,15-17,24H,10,21H2,1-5H3,(H,22,26)(H,23,25)/t13-,15-,16-,17+/m1/s1. The van der Waals surface area contributed by atoms with Crippen molar-refractivity contribution in [3.05, 3.63) is 35.4 Å². The second kappa shape index (κ2) is 10.8. The number of nitrogens with one attached hydrogen (secondary N) is 2. The largest absolute Gasteiger partial charge is 0.467 e. The zero-order valence-corrected chi connectivity index (χ0v) is 17.1. The molecular weight excluding hydrogens is 362 g/mol. The Hall–Kier alpha value is -2.45. The number of ether oxygens (including phenoxy) is 1. The third kappa shape index (κ3) is 6.94. The summed E-state index contributed by atoms with van der Waals surface area (Å²) in [6, 6.07) is 4.43. The van der Waals surface area contributed by atoms with Crippen LogP contribution in [0.3, 0.4) is 0 Å². The highest BCUT2D eigenvalue weighted by molar-refractivity contribution is 5.91. The minimum atomic E-state index is -1.52. The number of amides is 2. The molecule has 0 unspecified atom stereocenters. The number of benzene rings is 1. The van der Waals surface area contributed by atoms with Gasteiger partial charge in [0.15, 0.2) is 6.10 Å². The number of hydrogen-bond donors (Lipinski definition) is 4. The van der Waals surface area contributed by atoms with Gasteiger partial charge in [0.1, 0.15) is 12.1 Å². The average molecular weight is 393 g/mol. The monoisotopic (exact) mass is 393 g/mol. The summed E-state index contributed by atoms with van der Waals surface area (Å²) in [5.41, 5.74) is 7.60. The first-order valence-electron chi connectivity index (χ1n) is 9.25. The van der Waals surface area contributed by atoms with Gasteiger partial charge < -0.3 is 26.2 Å². The SMILES string of the molecule is COC(=O)[C@@H](CC(C)C)NC(=O)[C@@H](C)NC(=O)[C@@H](O)[C@H](N)c1ccc(C)cc1. The molecule has 0 heterocycles. The van der Waals surface area contributed by atoms with E-state index in [9.17, 15) is 19.5 Å². The predicted molar refractivity (Wildman–Crippen MR) is 105 cm³/mol. The Kier molecular flexibility index (Phi) is 9.08. The zero-order valence-electron chi connectivity index (χ0n) is 17.1. The van der Waals surface area contributed by atoms with Crippen LogP contribution < -0.4 is 16.4 Å². The molecule has 0 saturated carbocycles. The van der Waals surface area contributed by atoms with Gasteiger partial charge in [-0.15, -0.1) is 0 Å². The molecule has 0 spiro atoms. The van der Waals surface area contributed by atoms with E-state index >= 15 is 0 Å². The van der Waals surface area contributed by atoms with Crippen molar-refractivity contribution in [3.8, 4) is 0 Å². The second-order valence-corrected chi connectivity index (χ2v) is 7.33. The molecule has 2 amide bonds. The van der Waals surface area contributed by atoms with E-state index in [-0.39, 0.29) is 5.92 Å². The third-order valence-electron chi connectivity index (χ3n) is 4.33. The van der Waals surface area contributed by atoms with Crippen molar-refractivity contribution in [2.24, 2.45) is 11.7 Å². The lowest BCUT2D eigenvalue weighted by molar-refractivity contribution is -0.145. The fourth-order valence-corrected chi connectivity index (χ4v) is 2.62. The van der Waals surface area contributed by atoms with Crippen LogP contribution >= 0.6 is 0 Å². The van der Waals surface area contributed by atoms with E-state index in [2.05, 4.69) is 10.6 Å². The van der Waals surface area contributed by atoms with Crippen LogP contribution in [0.1, 0.15) is 44.4 Å². The van der Waals surface area contributed by atoms with Crippen molar-refractivity contribution < 1.29 is 24.2 Å². The van der Waals surface area contributed by atoms with Gasteiger partial charge in [0.2, 0.25) is 5.91 Å². The number of carbonyl (C=O) groups excluding carboxylic acids is 3. The van der Waals surface area contributed by atoms with E-state index < -0.39 is 42.0 Å². The molecule has 156 valence electrons. The normalized spacial score (nSPS) is 15.3. The van der Waals surface area contributed by atoms with Crippen LogP contribution in [-0.2, 0) is 19.1 Å². The van der Waals surface area contributed by atoms with E-state index in [1.807, 2.05) is 32.9 Å². The Morgan fingerprint density at radius 2 is 1.64 bits per heavy atom. The van der Waals surface area contributed by atoms with Gasteiger partial charge in [-0.3, -0.25) is 9.59 Å². The van der Waals surface area contributed by atoms with Crippen molar-refractivity contribution in [2.45, 2.75) is 58.3 Å². The number of rotatable bonds is 9. The van der Waals surface area contributed by atoms with Crippen LogP contribution in [0.4, 0.5) is 0 Å². The van der Waals surface area contributed by atoms with Crippen molar-refractivity contribution in [1.82, 2.24) is 10.6 Å². The van der Waals surface area contributed by atoms with Crippen LogP contribution in [0.25, 0.3) is 0 Å². The Morgan fingerprint density at radius 1 is 1.07 bits per heavy atom. The van der Waals surface area contributed by atoms with E-state index in [1.165, 1.54) is 14.0 Å². The summed E-state index contributed by atoms with van der Waals surface area (Å²) in [4.78, 5) is 36.4. The van der Waals surface area contributed by atoms with Crippen LogP contribution in [-0.4, -0.2) is 48.2 Å². The van der Waals surface area contributed by atoms with Gasteiger partial charge in [-0.05, 0) is 31.7 Å². The Balaban J connectivity index is 2.69. The van der Waals surface area contributed by atoms with Gasteiger partial charge in [0.05, 0.1) is 13.2 Å². The number of aliphatic hydroxyl groups is 1. The quantitative estimate of drug-likeness (QED) is 0.454. The average Bonchev–Trinajstić information content (AvgIpc) is 2.65. The summed E-state index contributed by atoms with van der Waals surface area (Å²) in [5, 5.41) is 15.2. The lowest BCUT2D eigenvalue weighted by atomic mass is 10.0. The molecule has 0 radical (unpaired) electrons. The lowest BCUT2D eigenvalue weighted by Crippen LogP contribution is -2.53. The van der Waals surface area contributed by atoms with Crippen molar-refractivity contribution in [1.29, 1.82) is 0 Å². The first-order chi connectivity index (χ1) is 13.1. The summed E-state index contributed by atoms with van der Waals surface area (Å²) in [5.74, 6) is -1.72. The van der Waals surface area contributed by atoms with Gasteiger partial charge in [0.25, 0.3) is 5.91 Å². The number of esters is 1. The number of hydrogen-bond acceptors (Lipinski definition) is 6. The number of aliphatic hydroxyl groups excluding tert-OH is 1. The zero-order chi connectivity index (χ0) is 21.4. The molecule has 0 aliphatic heterocycles. The maximum Gasteiger partial charge on any atom is 0.328 e. The maximum absolute atomic E-state index is 12.3. The van der Waals surface area contributed by atoms with Crippen molar-refractivity contribution >= 4 is 17.8 Å². The lowest BCUT2D eigenvalue weighted by Gasteiger charge is -2.23. The summed E-state index contributed by atoms with van der Waals surface area (Å²) in [6.07, 6.45) is -1.12. The minimum Gasteiger partial charge on any atom is -0.467 e. The van der Waals surface area contributed by atoms with Crippen LogP contribution in [0.15, 0.2) is 24.3 Å². The Labute approximate surface area is 165 Å². The number of aryl methyl sites for hydroxylation is 1. The second-order valence-electron chi connectivity index (χ2n) is 7.33. The van der Waals surface area contributed by atoms with Gasteiger partial charge in [0, 0.05) is 0 Å². The summed E-state index contributed by atoms with van der Waals surface area (Å²) in [7, 11) is 1.25. The van der Waals surface area contributed by atoms with E-state index in [0.717, 1.165) is 5.56 Å². The summed E-state index contributed by atoms with van der Waals surface area (Å²) in [6.45, 7) is 7.20. The highest BCUT2D eigenvalue weighted by Gasteiger charge is 2.29. The molecular formula is C20H31N3O5. The molecule has 28 heavy (non-hydrogen) atoms. The van der Waals surface area contributed by atoms with E-state index in [1.54, 1.807) is 12.1 Å². The minimum absolute atomic E-state index is 0.156. The van der Waals surface area contributed by atoms with Gasteiger partial charge in [-0.25, -0.2) is 4.79 Å². The van der Waals surface area contributed by atoms with Crippen molar-refractivity contribution in [2.75, 3.05) is 7.11 Å². The van der Waals surface area contributed by atoms with Gasteiger partial charge in [-0.2, -0.15) is 0 Å². The maximum atomic E-state index is 12.3. The fourth-order valence-electron chi connectivity index (χ4n) is 2.62. The first kappa shape index (κ1) is 23.6. The summed E-state index contributed by atoms with van der Waals surface area (Å²) >= 11 is 0. The fraction of sp³-hybridized carbons (Fsp3) is 0.550. The highest BCUT2D eigenvalue weighted by Crippen LogP contribution is 2.15. The topological polar surface area (TPSA) is 131 Å². The Bertz CT molecular complexity index is 675. The van der Waals surface area contributed by atoms with Crippen LogP contribution in [0.2, 0.25) is 0 Å². The molecule has 0 aliphatic carbocycles. The van der Waals surface area contributed by atoms with E-state index in [0.29, 0.717) is 12.0 Å². The number of nitrogens with two attached hydrogens (primary N) is 1. The molecule has 1 rings (SSSR count). The van der Waals surface area contributed by atoms with Crippen LogP contribution in [0, 0.1) is 12.8 Å². The first-order valence-corrected chi connectivity index (χ1v) is 9.25. The number of carbonyl (C=O) groups is 3. The van der Waals surface area contributed by atoms with E-state index in [4.69, 9.17) is 10.5 Å². The molecule has 4 atom stereocenters. The summed E-state index contributed by atoms with van der Waals surface area (Å²) < 4.78 is 4.70. The molecule has 5 N–H and O–H groups in total. The molecule has 8 heteroatoms. The van der Waals surface area contributed by atoms with Gasteiger partial charge >= 0.3 is 5.97 Å². The molecule has 0 bridgehead atoms. The van der Waals surface area contributed by atoms with Gasteiger partial charge in [-0.1, -0.05) is 43.7 Å². The molecule has 0 aromatic heterocycles. The molecule has 0 aliphatic rings. The molecule has 8 nitrogen and oxygen atoms in total. The van der Waals surface area contributed by atoms with Crippen molar-refractivity contribution in [3.63, 3.8) is 0 Å².